The normalized spacial score (nSPS) is 22.9. The average molecular weight is 299 g/mol. The first kappa shape index (κ1) is 15.1. The maximum atomic E-state index is 11.7. The SMILES string of the molecule is CNS(=O)(=O)c1ccc(NCC2(C)CCCO2)c(N)c1. The number of nitrogens with two attached hydrogens (primary N) is 1. The summed E-state index contributed by atoms with van der Waals surface area (Å²) < 4.78 is 31.3. The van der Waals surface area contributed by atoms with Crippen molar-refractivity contribution >= 4 is 21.4 Å². The molecular weight excluding hydrogens is 278 g/mol. The summed E-state index contributed by atoms with van der Waals surface area (Å²) in [5.74, 6) is 0. The first-order valence-electron chi connectivity index (χ1n) is 6.57. The second-order valence-corrected chi connectivity index (χ2v) is 7.10. The number of rotatable bonds is 5. The van der Waals surface area contributed by atoms with E-state index < -0.39 is 10.0 Å². The number of hydrogen-bond donors (Lipinski definition) is 3. The molecule has 0 aromatic heterocycles. The summed E-state index contributed by atoms with van der Waals surface area (Å²) in [5, 5.41) is 3.23. The lowest BCUT2D eigenvalue weighted by Gasteiger charge is -2.24. The van der Waals surface area contributed by atoms with Crippen LogP contribution in [-0.4, -0.2) is 34.2 Å². The van der Waals surface area contributed by atoms with Crippen LogP contribution in [0.4, 0.5) is 11.4 Å². The van der Waals surface area contributed by atoms with Crippen LogP contribution in [-0.2, 0) is 14.8 Å². The lowest BCUT2D eigenvalue weighted by molar-refractivity contribution is 0.0315. The Balaban J connectivity index is 2.10. The molecule has 0 bridgehead atoms. The van der Waals surface area contributed by atoms with Gasteiger partial charge < -0.3 is 15.8 Å². The Morgan fingerprint density at radius 3 is 2.75 bits per heavy atom. The zero-order valence-electron chi connectivity index (χ0n) is 11.8. The van der Waals surface area contributed by atoms with Crippen molar-refractivity contribution in [3.05, 3.63) is 18.2 Å². The number of nitrogens with one attached hydrogen (secondary N) is 2. The lowest BCUT2D eigenvalue weighted by Crippen LogP contribution is -2.32. The third-order valence-corrected chi connectivity index (χ3v) is 4.97. The molecule has 1 aromatic carbocycles. The molecule has 4 N–H and O–H groups in total. The predicted molar refractivity (Wildman–Crippen MR) is 79.2 cm³/mol. The van der Waals surface area contributed by atoms with Crippen molar-refractivity contribution in [2.75, 3.05) is 31.2 Å². The summed E-state index contributed by atoms with van der Waals surface area (Å²) in [6, 6.07) is 4.66. The Labute approximate surface area is 119 Å². The lowest BCUT2D eigenvalue weighted by atomic mass is 10.0. The minimum Gasteiger partial charge on any atom is -0.397 e. The Morgan fingerprint density at radius 2 is 2.20 bits per heavy atom. The van der Waals surface area contributed by atoms with Crippen LogP contribution >= 0.6 is 0 Å². The van der Waals surface area contributed by atoms with Gasteiger partial charge in [-0.2, -0.15) is 0 Å². The van der Waals surface area contributed by atoms with Crippen molar-refractivity contribution in [3.8, 4) is 0 Å². The molecule has 7 heteroatoms. The summed E-state index contributed by atoms with van der Waals surface area (Å²) >= 11 is 0. The monoisotopic (exact) mass is 299 g/mol. The fraction of sp³-hybridized carbons (Fsp3) is 0.538. The van der Waals surface area contributed by atoms with E-state index in [1.807, 2.05) is 0 Å². The van der Waals surface area contributed by atoms with Crippen molar-refractivity contribution < 1.29 is 13.2 Å². The molecular formula is C13H21N3O3S. The fourth-order valence-electron chi connectivity index (χ4n) is 2.25. The molecule has 1 atom stereocenters. The predicted octanol–water partition coefficient (Wildman–Crippen LogP) is 1.16. The summed E-state index contributed by atoms with van der Waals surface area (Å²) in [6.45, 7) is 3.49. The van der Waals surface area contributed by atoms with E-state index in [2.05, 4.69) is 17.0 Å². The first-order valence-corrected chi connectivity index (χ1v) is 8.05. The van der Waals surface area contributed by atoms with Gasteiger partial charge in [0.2, 0.25) is 10.0 Å². The van der Waals surface area contributed by atoms with E-state index in [4.69, 9.17) is 10.5 Å². The Hall–Kier alpha value is -1.31. The van der Waals surface area contributed by atoms with E-state index in [9.17, 15) is 8.42 Å². The molecule has 2 rings (SSSR count). The highest BCUT2D eigenvalue weighted by atomic mass is 32.2. The van der Waals surface area contributed by atoms with Gasteiger partial charge in [-0.1, -0.05) is 0 Å². The van der Waals surface area contributed by atoms with Gasteiger partial charge in [-0.15, -0.1) is 0 Å². The maximum Gasteiger partial charge on any atom is 0.240 e. The number of anilines is 2. The highest BCUT2D eigenvalue weighted by molar-refractivity contribution is 7.89. The second-order valence-electron chi connectivity index (χ2n) is 5.21. The molecule has 1 aliphatic rings. The molecule has 0 amide bonds. The molecule has 1 fully saturated rings. The highest BCUT2D eigenvalue weighted by Gasteiger charge is 2.29. The Kier molecular flexibility index (Phi) is 4.22. The molecule has 0 spiro atoms. The van der Waals surface area contributed by atoms with Crippen LogP contribution in [0.1, 0.15) is 19.8 Å². The second kappa shape index (κ2) is 5.59. The molecule has 20 heavy (non-hydrogen) atoms. The minimum absolute atomic E-state index is 0.159. The van der Waals surface area contributed by atoms with Gasteiger partial charge in [-0.25, -0.2) is 13.1 Å². The molecule has 1 unspecified atom stereocenters. The van der Waals surface area contributed by atoms with Gasteiger partial charge in [0.1, 0.15) is 0 Å². The third-order valence-electron chi connectivity index (χ3n) is 3.56. The van der Waals surface area contributed by atoms with Crippen LogP contribution < -0.4 is 15.8 Å². The molecule has 1 aromatic rings. The minimum atomic E-state index is -3.46. The average Bonchev–Trinajstić information content (AvgIpc) is 2.84. The Morgan fingerprint density at radius 1 is 1.45 bits per heavy atom. The number of benzene rings is 1. The van der Waals surface area contributed by atoms with Crippen LogP contribution in [0.2, 0.25) is 0 Å². The number of nitrogen functional groups attached to an aromatic ring is 1. The van der Waals surface area contributed by atoms with E-state index in [1.165, 1.54) is 19.2 Å². The fourth-order valence-corrected chi connectivity index (χ4v) is 3.01. The van der Waals surface area contributed by atoms with Gasteiger partial charge >= 0.3 is 0 Å². The van der Waals surface area contributed by atoms with Crippen LogP contribution in [0.25, 0.3) is 0 Å². The molecule has 6 nitrogen and oxygen atoms in total. The smallest absolute Gasteiger partial charge is 0.240 e. The van der Waals surface area contributed by atoms with E-state index in [0.717, 1.165) is 25.1 Å². The van der Waals surface area contributed by atoms with E-state index >= 15 is 0 Å². The standard InChI is InChI=1S/C13H21N3O3S/c1-13(6-3-7-19-13)9-16-12-5-4-10(8-11(12)14)20(17,18)15-2/h4-5,8,15-16H,3,6-7,9,14H2,1-2H3. The van der Waals surface area contributed by atoms with Crippen molar-refractivity contribution in [1.82, 2.24) is 4.72 Å². The van der Waals surface area contributed by atoms with E-state index in [0.29, 0.717) is 12.2 Å². The van der Waals surface area contributed by atoms with E-state index in [-0.39, 0.29) is 10.5 Å². The number of hydrogen-bond acceptors (Lipinski definition) is 5. The quantitative estimate of drug-likeness (QED) is 0.709. The summed E-state index contributed by atoms with van der Waals surface area (Å²) in [4.78, 5) is 0.159. The van der Waals surface area contributed by atoms with Crippen LogP contribution in [0, 0.1) is 0 Å². The largest absolute Gasteiger partial charge is 0.397 e. The molecule has 1 heterocycles. The molecule has 1 saturated heterocycles. The van der Waals surface area contributed by atoms with E-state index in [1.54, 1.807) is 6.07 Å². The van der Waals surface area contributed by atoms with Crippen LogP contribution in [0.3, 0.4) is 0 Å². The molecule has 0 saturated carbocycles. The van der Waals surface area contributed by atoms with Gasteiger partial charge in [-0.3, -0.25) is 0 Å². The van der Waals surface area contributed by atoms with Crippen LogP contribution in [0.5, 0.6) is 0 Å². The summed E-state index contributed by atoms with van der Waals surface area (Å²) in [6.07, 6.45) is 2.07. The van der Waals surface area contributed by atoms with Crippen molar-refractivity contribution in [1.29, 1.82) is 0 Å². The maximum absolute atomic E-state index is 11.7. The first-order chi connectivity index (χ1) is 9.36. The van der Waals surface area contributed by atoms with Gasteiger partial charge in [0.15, 0.2) is 0 Å². The number of sulfonamides is 1. The van der Waals surface area contributed by atoms with Gasteiger partial charge in [-0.05, 0) is 45.0 Å². The van der Waals surface area contributed by atoms with Crippen molar-refractivity contribution in [2.45, 2.75) is 30.3 Å². The summed E-state index contributed by atoms with van der Waals surface area (Å²) in [7, 11) is -2.09. The Bertz CT molecular complexity index is 581. The zero-order chi connectivity index (χ0) is 14.8. The van der Waals surface area contributed by atoms with Crippen molar-refractivity contribution in [3.63, 3.8) is 0 Å². The molecule has 0 aliphatic carbocycles. The van der Waals surface area contributed by atoms with Crippen molar-refractivity contribution in [2.24, 2.45) is 0 Å². The zero-order valence-corrected chi connectivity index (χ0v) is 12.6. The molecule has 1 aliphatic heterocycles. The molecule has 0 radical (unpaired) electrons. The summed E-state index contributed by atoms with van der Waals surface area (Å²) in [5.41, 5.74) is 6.85. The van der Waals surface area contributed by atoms with Gasteiger partial charge in [0.05, 0.1) is 21.9 Å². The topological polar surface area (TPSA) is 93.5 Å². The highest BCUT2D eigenvalue weighted by Crippen LogP contribution is 2.27. The third kappa shape index (κ3) is 3.23. The number of ether oxygens (including phenoxy) is 1. The van der Waals surface area contributed by atoms with Gasteiger partial charge in [0.25, 0.3) is 0 Å². The molecule has 112 valence electrons. The van der Waals surface area contributed by atoms with Gasteiger partial charge in [0, 0.05) is 13.2 Å². The van der Waals surface area contributed by atoms with Crippen LogP contribution in [0.15, 0.2) is 23.1 Å².